The third-order valence-corrected chi connectivity index (χ3v) is 7.33. The molecular weight excluding hydrogens is 408 g/mol. The average Bonchev–Trinajstić information content (AvgIpc) is 3.18. The summed E-state index contributed by atoms with van der Waals surface area (Å²) < 4.78 is 0. The van der Waals surface area contributed by atoms with Crippen LogP contribution in [0.5, 0.6) is 0 Å². The number of quaternary nitrogens is 1. The lowest BCUT2D eigenvalue weighted by Gasteiger charge is -2.38. The number of H-pyrrole nitrogens is 1. The Bertz CT molecular complexity index is 1120. The van der Waals surface area contributed by atoms with Crippen molar-refractivity contribution in [2.24, 2.45) is 0 Å². The van der Waals surface area contributed by atoms with Gasteiger partial charge in [-0.3, -0.25) is 4.79 Å². The molecule has 1 amide bonds. The van der Waals surface area contributed by atoms with E-state index in [1.165, 1.54) is 38.3 Å². The van der Waals surface area contributed by atoms with Crippen molar-refractivity contribution in [2.75, 3.05) is 37.6 Å². The number of para-hydroxylation sites is 1. The molecule has 1 aromatic heterocycles. The third kappa shape index (κ3) is 3.81. The fourth-order valence-corrected chi connectivity index (χ4v) is 5.36. The van der Waals surface area contributed by atoms with Crippen molar-refractivity contribution < 1.29 is 9.69 Å². The minimum atomic E-state index is -0.0191. The van der Waals surface area contributed by atoms with Crippen LogP contribution in [0.25, 0.3) is 10.9 Å². The smallest absolute Gasteiger partial charge is 0.280 e. The number of aryl methyl sites for hydroxylation is 1. The Balaban J connectivity index is 1.24. The van der Waals surface area contributed by atoms with Crippen molar-refractivity contribution >= 4 is 34.1 Å². The Hall–Kier alpha value is -2.50. The molecule has 0 saturated carbocycles. The van der Waals surface area contributed by atoms with Crippen molar-refractivity contribution in [3.05, 3.63) is 64.3 Å². The predicted octanol–water partition coefficient (Wildman–Crippen LogP) is 2.81. The Morgan fingerprint density at radius 1 is 1.13 bits per heavy atom. The van der Waals surface area contributed by atoms with Crippen molar-refractivity contribution in [2.45, 2.75) is 32.9 Å². The lowest BCUT2D eigenvalue weighted by atomic mass is 10.0. The summed E-state index contributed by atoms with van der Waals surface area (Å²) in [4.78, 5) is 22.8. The minimum absolute atomic E-state index is 0.0191. The van der Waals surface area contributed by atoms with Crippen LogP contribution in [0.4, 0.5) is 5.69 Å². The second-order valence-electron chi connectivity index (χ2n) is 8.94. The third-order valence-electron chi connectivity index (χ3n) is 7.09. The van der Waals surface area contributed by atoms with Crippen LogP contribution in [-0.2, 0) is 17.8 Å². The molecule has 162 valence electrons. The lowest BCUT2D eigenvalue weighted by Crippen LogP contribution is -3.19. The van der Waals surface area contributed by atoms with Gasteiger partial charge in [0.2, 0.25) is 0 Å². The van der Waals surface area contributed by atoms with Gasteiger partial charge < -0.3 is 19.7 Å². The van der Waals surface area contributed by atoms with Gasteiger partial charge in [-0.1, -0.05) is 35.9 Å². The molecular formula is C25H30ClN4O+. The maximum absolute atomic E-state index is 13.4. The van der Waals surface area contributed by atoms with E-state index in [-0.39, 0.29) is 11.9 Å². The molecule has 2 aliphatic heterocycles. The second kappa shape index (κ2) is 8.21. The Morgan fingerprint density at radius 3 is 2.71 bits per heavy atom. The Labute approximate surface area is 188 Å². The van der Waals surface area contributed by atoms with Gasteiger partial charge in [0.1, 0.15) is 0 Å². The van der Waals surface area contributed by atoms with Gasteiger partial charge in [-0.15, -0.1) is 0 Å². The summed E-state index contributed by atoms with van der Waals surface area (Å²) >= 11 is 6.22. The zero-order valence-electron chi connectivity index (χ0n) is 18.2. The molecule has 0 spiro atoms. The number of rotatable bonds is 3. The van der Waals surface area contributed by atoms with Crippen molar-refractivity contribution in [1.29, 1.82) is 0 Å². The lowest BCUT2D eigenvalue weighted by molar-refractivity contribution is -0.915. The molecule has 1 saturated heterocycles. The number of nitrogens with one attached hydrogen (secondary N) is 2. The van der Waals surface area contributed by atoms with Crippen molar-refractivity contribution in [1.82, 2.24) is 9.88 Å². The molecule has 0 aliphatic carbocycles. The normalized spacial score (nSPS) is 18.3. The molecule has 3 heterocycles. The largest absolute Gasteiger partial charge is 0.360 e. The van der Waals surface area contributed by atoms with E-state index in [0.717, 1.165) is 44.2 Å². The molecule has 0 radical (unpaired) electrons. The molecule has 2 N–H and O–H groups in total. The second-order valence-corrected chi connectivity index (χ2v) is 9.37. The number of hydrogen-bond donors (Lipinski definition) is 2. The van der Waals surface area contributed by atoms with Gasteiger partial charge in [0.25, 0.3) is 5.91 Å². The number of fused-ring (bicyclic) bond motifs is 3. The van der Waals surface area contributed by atoms with Crippen LogP contribution in [0.1, 0.15) is 23.7 Å². The molecule has 31 heavy (non-hydrogen) atoms. The first-order valence-corrected chi connectivity index (χ1v) is 11.6. The number of carbonyl (C=O) groups is 1. The summed E-state index contributed by atoms with van der Waals surface area (Å²) in [5, 5.41) is 2.03. The fraction of sp³-hybridized carbons (Fsp3) is 0.400. The highest BCUT2D eigenvalue weighted by Gasteiger charge is 2.34. The molecule has 0 unspecified atom stereocenters. The Kier molecular flexibility index (Phi) is 5.40. The van der Waals surface area contributed by atoms with Crippen LogP contribution < -0.4 is 9.80 Å². The predicted molar refractivity (Wildman–Crippen MR) is 126 cm³/mol. The highest BCUT2D eigenvalue weighted by Crippen LogP contribution is 2.28. The van der Waals surface area contributed by atoms with E-state index in [9.17, 15) is 4.79 Å². The number of amides is 1. The quantitative estimate of drug-likeness (QED) is 0.661. The number of piperazine rings is 1. The van der Waals surface area contributed by atoms with Crippen LogP contribution >= 0.6 is 11.6 Å². The molecule has 1 atom stereocenters. The molecule has 3 aromatic rings. The number of hydrogen-bond acceptors (Lipinski definition) is 2. The monoisotopic (exact) mass is 437 g/mol. The van der Waals surface area contributed by atoms with E-state index in [2.05, 4.69) is 65.0 Å². The summed E-state index contributed by atoms with van der Waals surface area (Å²) in [6, 6.07) is 14.5. The van der Waals surface area contributed by atoms with E-state index in [1.807, 2.05) is 6.07 Å². The summed E-state index contributed by atoms with van der Waals surface area (Å²) in [5.74, 6) is 0.276. The topological polar surface area (TPSA) is 43.8 Å². The number of carbonyl (C=O) groups excluding carboxylic acids is 1. The molecule has 0 bridgehead atoms. The number of nitrogens with zero attached hydrogens (tertiary/aromatic N) is 2. The van der Waals surface area contributed by atoms with Crippen LogP contribution in [0.2, 0.25) is 5.02 Å². The standard InChI is InChI=1S/C25H29ClN4O/c1-17-7-8-19(26)15-24(17)29-13-11-28(12-14-29)18(2)25(31)30-10-9-23-21(16-30)20-5-3-4-6-22(20)27-23/h3-8,15,18,27H,9-14,16H2,1-2H3/p+1/t18-/m0/s1. The number of anilines is 1. The van der Waals surface area contributed by atoms with Crippen LogP contribution in [0, 0.1) is 6.92 Å². The minimum Gasteiger partial charge on any atom is -0.360 e. The summed E-state index contributed by atoms with van der Waals surface area (Å²) in [6.07, 6.45) is 0.902. The SMILES string of the molecule is Cc1ccc(Cl)cc1N1CC[NH+]([C@@H](C)C(=O)N2CCc3[nH]c4ccccc4c3C2)CC1. The Morgan fingerprint density at radius 2 is 1.90 bits per heavy atom. The highest BCUT2D eigenvalue weighted by atomic mass is 35.5. The molecule has 1 fully saturated rings. The van der Waals surface area contributed by atoms with E-state index >= 15 is 0 Å². The van der Waals surface area contributed by atoms with Gasteiger partial charge in [0, 0.05) is 52.4 Å². The fourth-order valence-electron chi connectivity index (χ4n) is 5.19. The maximum atomic E-state index is 13.4. The van der Waals surface area contributed by atoms with Crippen LogP contribution in [0.15, 0.2) is 42.5 Å². The van der Waals surface area contributed by atoms with Gasteiger partial charge in [-0.25, -0.2) is 0 Å². The molecule has 2 aliphatic rings. The van der Waals surface area contributed by atoms with Gasteiger partial charge in [-0.2, -0.15) is 0 Å². The highest BCUT2D eigenvalue weighted by molar-refractivity contribution is 6.30. The summed E-state index contributed by atoms with van der Waals surface area (Å²) in [6.45, 7) is 9.56. The van der Waals surface area contributed by atoms with Crippen molar-refractivity contribution in [3.63, 3.8) is 0 Å². The van der Waals surface area contributed by atoms with Gasteiger partial charge in [-0.05, 0) is 37.6 Å². The number of aromatic nitrogens is 1. The number of aromatic amines is 1. The maximum Gasteiger partial charge on any atom is 0.280 e. The van der Waals surface area contributed by atoms with E-state index in [0.29, 0.717) is 6.54 Å². The van der Waals surface area contributed by atoms with E-state index in [4.69, 9.17) is 11.6 Å². The zero-order chi connectivity index (χ0) is 21.5. The molecule has 5 nitrogen and oxygen atoms in total. The molecule has 5 rings (SSSR count). The van der Waals surface area contributed by atoms with Gasteiger partial charge in [0.05, 0.1) is 26.2 Å². The first-order valence-electron chi connectivity index (χ1n) is 11.2. The molecule has 2 aromatic carbocycles. The zero-order valence-corrected chi connectivity index (χ0v) is 19.0. The van der Waals surface area contributed by atoms with E-state index in [1.54, 1.807) is 0 Å². The first kappa shape index (κ1) is 20.4. The van der Waals surface area contributed by atoms with Crippen molar-refractivity contribution in [3.8, 4) is 0 Å². The summed E-state index contributed by atoms with van der Waals surface area (Å²) in [7, 11) is 0. The van der Waals surface area contributed by atoms with Gasteiger partial charge in [0.15, 0.2) is 6.04 Å². The number of benzene rings is 2. The molecule has 6 heteroatoms. The number of halogens is 1. The average molecular weight is 438 g/mol. The summed E-state index contributed by atoms with van der Waals surface area (Å²) in [5.41, 5.74) is 6.22. The van der Waals surface area contributed by atoms with E-state index < -0.39 is 0 Å². The first-order chi connectivity index (χ1) is 15.0. The van der Waals surface area contributed by atoms with Gasteiger partial charge >= 0.3 is 0 Å². The van der Waals surface area contributed by atoms with Crippen LogP contribution in [0.3, 0.4) is 0 Å². The van der Waals surface area contributed by atoms with Crippen LogP contribution in [-0.4, -0.2) is 54.6 Å².